The number of hydrogen-bond donors (Lipinski definition) is 0. The second-order valence-electron chi connectivity index (χ2n) is 3.98. The number of rotatable bonds is 3. The quantitative estimate of drug-likeness (QED) is 0.730. The van der Waals surface area contributed by atoms with Gasteiger partial charge in [-0.25, -0.2) is 8.78 Å². The summed E-state index contributed by atoms with van der Waals surface area (Å²) in [6.07, 6.45) is 0.00523. The molecule has 0 heterocycles. The Hall–Kier alpha value is -1.26. The summed E-state index contributed by atoms with van der Waals surface area (Å²) in [5.74, 6) is -2.07. The fourth-order valence-corrected chi connectivity index (χ4v) is 2.10. The van der Waals surface area contributed by atoms with Crippen molar-refractivity contribution < 1.29 is 13.6 Å². The van der Waals surface area contributed by atoms with E-state index in [1.165, 1.54) is 6.07 Å². The van der Waals surface area contributed by atoms with Crippen LogP contribution in [0.3, 0.4) is 0 Å². The van der Waals surface area contributed by atoms with E-state index in [1.807, 2.05) is 0 Å². The summed E-state index contributed by atoms with van der Waals surface area (Å²) in [5.41, 5.74) is 0.885. The van der Waals surface area contributed by atoms with Gasteiger partial charge in [0.1, 0.15) is 0 Å². The van der Waals surface area contributed by atoms with Crippen LogP contribution in [0.1, 0.15) is 15.9 Å². The zero-order chi connectivity index (χ0) is 14.0. The van der Waals surface area contributed by atoms with Gasteiger partial charge in [-0.1, -0.05) is 17.7 Å². The Balaban J connectivity index is 2.20. The van der Waals surface area contributed by atoms with Gasteiger partial charge >= 0.3 is 0 Å². The molecule has 0 radical (unpaired) electrons. The maximum absolute atomic E-state index is 13.0. The largest absolute Gasteiger partial charge is 0.294 e. The van der Waals surface area contributed by atoms with Crippen molar-refractivity contribution in [3.05, 3.63) is 68.7 Å². The molecule has 19 heavy (non-hydrogen) atoms. The van der Waals surface area contributed by atoms with Gasteiger partial charge in [-0.15, -0.1) is 0 Å². The number of carbonyl (C=O) groups excluding carboxylic acids is 1. The van der Waals surface area contributed by atoms with E-state index in [1.54, 1.807) is 18.2 Å². The highest BCUT2D eigenvalue weighted by Gasteiger charge is 2.10. The van der Waals surface area contributed by atoms with Crippen molar-refractivity contribution in [3.63, 3.8) is 0 Å². The molecule has 0 N–H and O–H groups in total. The monoisotopic (exact) mass is 344 g/mol. The smallest absolute Gasteiger partial charge is 0.167 e. The summed E-state index contributed by atoms with van der Waals surface area (Å²) in [5, 5.41) is 0.504. The summed E-state index contributed by atoms with van der Waals surface area (Å²) < 4.78 is 26.4. The summed E-state index contributed by atoms with van der Waals surface area (Å²) in [6.45, 7) is 0. The van der Waals surface area contributed by atoms with Crippen LogP contribution in [-0.4, -0.2) is 5.78 Å². The van der Waals surface area contributed by atoms with Crippen molar-refractivity contribution in [3.8, 4) is 0 Å². The van der Waals surface area contributed by atoms with E-state index in [0.717, 1.165) is 12.1 Å². The predicted molar refractivity (Wildman–Crippen MR) is 73.5 cm³/mol. The lowest BCUT2D eigenvalue weighted by molar-refractivity contribution is 0.0993. The molecule has 1 nitrogen and oxygen atoms in total. The molecule has 0 aliphatic heterocycles. The standard InChI is InChI=1S/C14H8BrClF2O/c15-10-7-9(2-3-11(10)16)14(19)6-8-1-4-12(17)13(18)5-8/h1-5,7H,6H2. The molecule has 0 amide bonds. The molecule has 0 aliphatic carbocycles. The molecular formula is C14H8BrClF2O. The SMILES string of the molecule is O=C(Cc1ccc(F)c(F)c1)c1ccc(Cl)c(Br)c1. The van der Waals surface area contributed by atoms with Crippen LogP contribution in [0.4, 0.5) is 8.78 Å². The maximum Gasteiger partial charge on any atom is 0.167 e. The Morgan fingerprint density at radius 1 is 1.11 bits per heavy atom. The number of hydrogen-bond acceptors (Lipinski definition) is 1. The highest BCUT2D eigenvalue weighted by atomic mass is 79.9. The maximum atomic E-state index is 13.0. The average Bonchev–Trinajstić information content (AvgIpc) is 2.37. The minimum absolute atomic E-state index is 0.00523. The van der Waals surface area contributed by atoms with Crippen LogP contribution in [0.15, 0.2) is 40.9 Å². The van der Waals surface area contributed by atoms with E-state index >= 15 is 0 Å². The molecular weight excluding hydrogens is 338 g/mol. The van der Waals surface area contributed by atoms with Crippen LogP contribution >= 0.6 is 27.5 Å². The molecule has 0 bridgehead atoms. The summed E-state index contributed by atoms with van der Waals surface area (Å²) in [4.78, 5) is 12.0. The van der Waals surface area contributed by atoms with Gasteiger partial charge in [0.25, 0.3) is 0 Å². The highest BCUT2D eigenvalue weighted by Crippen LogP contribution is 2.24. The van der Waals surface area contributed by atoms with E-state index in [4.69, 9.17) is 11.6 Å². The van der Waals surface area contributed by atoms with Gasteiger partial charge < -0.3 is 0 Å². The number of benzene rings is 2. The van der Waals surface area contributed by atoms with E-state index in [9.17, 15) is 13.6 Å². The summed E-state index contributed by atoms with van der Waals surface area (Å²) in [7, 11) is 0. The second kappa shape index (κ2) is 5.80. The minimum Gasteiger partial charge on any atom is -0.294 e. The molecule has 0 aromatic heterocycles. The van der Waals surface area contributed by atoms with Gasteiger partial charge in [-0.05, 0) is 51.8 Å². The van der Waals surface area contributed by atoms with Crippen LogP contribution in [0.2, 0.25) is 5.02 Å². The molecule has 0 fully saturated rings. The van der Waals surface area contributed by atoms with Crippen molar-refractivity contribution in [2.45, 2.75) is 6.42 Å². The first-order chi connectivity index (χ1) is 8.97. The Kier molecular flexibility index (Phi) is 4.32. The molecule has 0 unspecified atom stereocenters. The number of carbonyl (C=O) groups is 1. The average molecular weight is 346 g/mol. The molecule has 98 valence electrons. The van der Waals surface area contributed by atoms with Crippen molar-refractivity contribution >= 4 is 33.3 Å². The van der Waals surface area contributed by atoms with Crippen molar-refractivity contribution in [1.29, 1.82) is 0 Å². The molecule has 5 heteroatoms. The molecule has 0 aliphatic rings. The fraction of sp³-hybridized carbons (Fsp3) is 0.0714. The molecule has 2 aromatic carbocycles. The van der Waals surface area contributed by atoms with Gasteiger partial charge in [0.15, 0.2) is 17.4 Å². The van der Waals surface area contributed by atoms with E-state index in [2.05, 4.69) is 15.9 Å². The summed E-state index contributed by atoms with van der Waals surface area (Å²) in [6, 6.07) is 8.22. The van der Waals surface area contributed by atoms with Gasteiger partial charge in [-0.2, -0.15) is 0 Å². The summed E-state index contributed by atoms with van der Waals surface area (Å²) >= 11 is 9.06. The lowest BCUT2D eigenvalue weighted by Crippen LogP contribution is -2.04. The van der Waals surface area contributed by atoms with Crippen molar-refractivity contribution in [2.75, 3.05) is 0 Å². The molecule has 2 rings (SSSR count). The predicted octanol–water partition coefficient (Wildman–Crippen LogP) is 4.81. The highest BCUT2D eigenvalue weighted by molar-refractivity contribution is 9.10. The first-order valence-corrected chi connectivity index (χ1v) is 6.56. The van der Waals surface area contributed by atoms with Crippen LogP contribution < -0.4 is 0 Å². The van der Waals surface area contributed by atoms with Crippen LogP contribution in [-0.2, 0) is 6.42 Å². The third-order valence-corrected chi connectivity index (χ3v) is 3.80. The fourth-order valence-electron chi connectivity index (χ4n) is 1.61. The lowest BCUT2D eigenvalue weighted by atomic mass is 10.0. The van der Waals surface area contributed by atoms with Crippen LogP contribution in [0.5, 0.6) is 0 Å². The first kappa shape index (κ1) is 14.2. The Labute approximate surface area is 122 Å². The zero-order valence-corrected chi connectivity index (χ0v) is 11.9. The molecule has 0 saturated carbocycles. The van der Waals surface area contributed by atoms with Gasteiger partial charge in [0, 0.05) is 16.5 Å². The van der Waals surface area contributed by atoms with E-state index in [-0.39, 0.29) is 12.2 Å². The van der Waals surface area contributed by atoms with Crippen molar-refractivity contribution in [2.24, 2.45) is 0 Å². The topological polar surface area (TPSA) is 17.1 Å². The first-order valence-electron chi connectivity index (χ1n) is 5.39. The molecule has 2 aromatic rings. The zero-order valence-electron chi connectivity index (χ0n) is 9.59. The number of ketones is 1. The Morgan fingerprint density at radius 2 is 1.84 bits per heavy atom. The van der Waals surface area contributed by atoms with E-state index < -0.39 is 11.6 Å². The van der Waals surface area contributed by atoms with Crippen molar-refractivity contribution in [1.82, 2.24) is 0 Å². The van der Waals surface area contributed by atoms with Crippen LogP contribution in [0.25, 0.3) is 0 Å². The lowest BCUT2D eigenvalue weighted by Gasteiger charge is -2.04. The van der Waals surface area contributed by atoms with E-state index in [0.29, 0.717) is 20.6 Å². The third kappa shape index (κ3) is 3.39. The molecule has 0 saturated heterocycles. The molecule has 0 spiro atoms. The van der Waals surface area contributed by atoms with Crippen LogP contribution in [0, 0.1) is 11.6 Å². The Morgan fingerprint density at radius 3 is 2.47 bits per heavy atom. The number of Topliss-reactive ketones (excluding diaryl/α,β-unsaturated/α-hetero) is 1. The Bertz CT molecular complexity index is 643. The third-order valence-electron chi connectivity index (χ3n) is 2.59. The van der Waals surface area contributed by atoms with Gasteiger partial charge in [-0.3, -0.25) is 4.79 Å². The molecule has 0 atom stereocenters. The minimum atomic E-state index is -0.956. The second-order valence-corrected chi connectivity index (χ2v) is 5.24. The normalized spacial score (nSPS) is 10.5. The number of halogens is 4. The van der Waals surface area contributed by atoms with Gasteiger partial charge in [0.05, 0.1) is 5.02 Å². The van der Waals surface area contributed by atoms with Gasteiger partial charge in [0.2, 0.25) is 0 Å².